The first kappa shape index (κ1) is 14.5. The van der Waals surface area contributed by atoms with Gasteiger partial charge in [-0.1, -0.05) is 23.7 Å². The largest absolute Gasteiger partial charge is 0.469 e. The minimum atomic E-state index is -0.315. The van der Waals surface area contributed by atoms with Crippen LogP contribution in [0.3, 0.4) is 0 Å². The smallest absolute Gasteiger partial charge is 0.311 e. The van der Waals surface area contributed by atoms with E-state index in [9.17, 15) is 4.79 Å². The maximum Gasteiger partial charge on any atom is 0.311 e. The molecule has 0 aliphatic rings. The molecule has 0 amide bonds. The highest BCUT2D eigenvalue weighted by Crippen LogP contribution is 2.16. The number of halogens is 1. The maximum absolute atomic E-state index is 11.1. The van der Waals surface area contributed by atoms with E-state index in [2.05, 4.69) is 20.2 Å². The topological polar surface area (TPSA) is 63.6 Å². The Morgan fingerprint density at radius 1 is 1.60 bits per heavy atom. The SMILES string of the molecule is COC(=O)Cc1csc(N/N=C\c2cccc(Cl)c2)n1. The van der Waals surface area contributed by atoms with Gasteiger partial charge in [0.2, 0.25) is 5.13 Å². The Labute approximate surface area is 125 Å². The molecule has 0 bridgehead atoms. The second-order valence-corrected chi connectivity index (χ2v) is 5.12. The zero-order valence-electron chi connectivity index (χ0n) is 10.7. The Hall–Kier alpha value is -1.92. The fourth-order valence-corrected chi connectivity index (χ4v) is 2.27. The number of nitrogens with one attached hydrogen (secondary N) is 1. The third-order valence-electron chi connectivity index (χ3n) is 2.33. The Morgan fingerprint density at radius 2 is 2.45 bits per heavy atom. The van der Waals surface area contributed by atoms with Crippen molar-refractivity contribution in [3.63, 3.8) is 0 Å². The molecule has 0 atom stereocenters. The van der Waals surface area contributed by atoms with Crippen LogP contribution in [0.25, 0.3) is 0 Å². The number of methoxy groups -OCH3 is 1. The monoisotopic (exact) mass is 309 g/mol. The average molecular weight is 310 g/mol. The van der Waals surface area contributed by atoms with E-state index in [1.54, 1.807) is 23.7 Å². The molecule has 0 aliphatic heterocycles. The summed E-state index contributed by atoms with van der Waals surface area (Å²) in [6.07, 6.45) is 1.81. The van der Waals surface area contributed by atoms with Gasteiger partial charge in [0.1, 0.15) is 0 Å². The molecule has 0 fully saturated rings. The number of benzene rings is 1. The number of ether oxygens (including phenoxy) is 1. The van der Waals surface area contributed by atoms with Gasteiger partial charge in [-0.05, 0) is 17.7 Å². The summed E-state index contributed by atoms with van der Waals surface area (Å²) in [6.45, 7) is 0. The number of hydrogen-bond donors (Lipinski definition) is 1. The predicted octanol–water partition coefficient (Wildman–Crippen LogP) is 2.96. The van der Waals surface area contributed by atoms with E-state index < -0.39 is 0 Å². The van der Waals surface area contributed by atoms with Crippen molar-refractivity contribution in [2.45, 2.75) is 6.42 Å². The molecule has 0 unspecified atom stereocenters. The molecule has 104 valence electrons. The number of hydrogen-bond acceptors (Lipinski definition) is 6. The lowest BCUT2D eigenvalue weighted by atomic mass is 10.2. The van der Waals surface area contributed by atoms with Gasteiger partial charge in [0.05, 0.1) is 25.4 Å². The van der Waals surface area contributed by atoms with Gasteiger partial charge in [-0.15, -0.1) is 11.3 Å². The predicted molar refractivity (Wildman–Crippen MR) is 80.5 cm³/mol. The Morgan fingerprint density at radius 3 is 3.20 bits per heavy atom. The highest BCUT2D eigenvalue weighted by molar-refractivity contribution is 7.13. The summed E-state index contributed by atoms with van der Waals surface area (Å²) in [6, 6.07) is 7.34. The Balaban J connectivity index is 1.92. The number of carbonyl (C=O) groups excluding carboxylic acids is 1. The van der Waals surface area contributed by atoms with Crippen molar-refractivity contribution in [3.8, 4) is 0 Å². The fourth-order valence-electron chi connectivity index (χ4n) is 1.41. The number of nitrogens with zero attached hydrogens (tertiary/aromatic N) is 2. The van der Waals surface area contributed by atoms with Crippen LogP contribution in [0.15, 0.2) is 34.7 Å². The average Bonchev–Trinajstić information content (AvgIpc) is 2.86. The molecule has 7 heteroatoms. The molecule has 1 heterocycles. The summed E-state index contributed by atoms with van der Waals surface area (Å²) in [5.41, 5.74) is 4.35. The molecular formula is C13H12ClN3O2S. The summed E-state index contributed by atoms with van der Waals surface area (Å²) in [5.74, 6) is -0.315. The molecule has 0 saturated carbocycles. The third kappa shape index (κ3) is 4.32. The molecule has 2 aromatic rings. The van der Waals surface area contributed by atoms with Crippen molar-refractivity contribution in [3.05, 3.63) is 45.9 Å². The number of carbonyl (C=O) groups is 1. The van der Waals surface area contributed by atoms with Crippen LogP contribution < -0.4 is 5.43 Å². The van der Waals surface area contributed by atoms with Crippen molar-refractivity contribution in [2.24, 2.45) is 5.10 Å². The molecule has 20 heavy (non-hydrogen) atoms. The van der Waals surface area contributed by atoms with E-state index in [-0.39, 0.29) is 12.4 Å². The number of hydrazone groups is 1. The summed E-state index contributed by atoms with van der Waals surface area (Å²) >= 11 is 7.24. The van der Waals surface area contributed by atoms with Gasteiger partial charge < -0.3 is 4.74 Å². The van der Waals surface area contributed by atoms with Crippen LogP contribution in [-0.4, -0.2) is 24.3 Å². The van der Waals surface area contributed by atoms with E-state index in [0.29, 0.717) is 15.8 Å². The summed E-state index contributed by atoms with van der Waals surface area (Å²) in [4.78, 5) is 15.3. The van der Waals surface area contributed by atoms with Gasteiger partial charge in [-0.3, -0.25) is 10.2 Å². The van der Waals surface area contributed by atoms with Gasteiger partial charge in [0.25, 0.3) is 0 Å². The van der Waals surface area contributed by atoms with E-state index in [0.717, 1.165) is 5.56 Å². The zero-order chi connectivity index (χ0) is 14.4. The molecule has 1 aromatic carbocycles. The van der Waals surface area contributed by atoms with Crippen LogP contribution >= 0.6 is 22.9 Å². The second-order valence-electron chi connectivity index (χ2n) is 3.82. The first-order chi connectivity index (χ1) is 9.67. The van der Waals surface area contributed by atoms with E-state index in [1.807, 2.05) is 12.1 Å². The zero-order valence-corrected chi connectivity index (χ0v) is 12.2. The normalized spacial score (nSPS) is 10.7. The quantitative estimate of drug-likeness (QED) is 0.524. The first-order valence-electron chi connectivity index (χ1n) is 5.73. The number of anilines is 1. The van der Waals surface area contributed by atoms with E-state index in [1.165, 1.54) is 18.4 Å². The highest BCUT2D eigenvalue weighted by Gasteiger charge is 2.06. The van der Waals surface area contributed by atoms with Gasteiger partial charge in [-0.2, -0.15) is 5.10 Å². The van der Waals surface area contributed by atoms with Crippen LogP contribution in [0.2, 0.25) is 5.02 Å². The van der Waals surface area contributed by atoms with Crippen molar-refractivity contribution in [2.75, 3.05) is 12.5 Å². The lowest BCUT2D eigenvalue weighted by Crippen LogP contribution is -2.04. The van der Waals surface area contributed by atoms with Gasteiger partial charge in [-0.25, -0.2) is 4.98 Å². The third-order valence-corrected chi connectivity index (χ3v) is 3.36. The lowest BCUT2D eigenvalue weighted by molar-refractivity contribution is -0.139. The van der Waals surface area contributed by atoms with Crippen molar-refractivity contribution < 1.29 is 9.53 Å². The van der Waals surface area contributed by atoms with E-state index in [4.69, 9.17) is 11.6 Å². The molecule has 2 rings (SSSR count). The summed E-state index contributed by atoms with van der Waals surface area (Å²) in [5, 5.41) is 7.12. The van der Waals surface area contributed by atoms with Crippen LogP contribution in [-0.2, 0) is 16.0 Å². The molecule has 1 aromatic heterocycles. The summed E-state index contributed by atoms with van der Waals surface area (Å²) in [7, 11) is 1.35. The molecule has 0 saturated heterocycles. The van der Waals surface area contributed by atoms with Crippen LogP contribution in [0, 0.1) is 0 Å². The lowest BCUT2D eigenvalue weighted by Gasteiger charge is -1.96. The van der Waals surface area contributed by atoms with Crippen molar-refractivity contribution in [1.82, 2.24) is 4.98 Å². The molecule has 5 nitrogen and oxygen atoms in total. The van der Waals surface area contributed by atoms with Gasteiger partial charge >= 0.3 is 5.97 Å². The van der Waals surface area contributed by atoms with Crippen molar-refractivity contribution in [1.29, 1.82) is 0 Å². The molecule has 0 radical (unpaired) electrons. The standard InChI is InChI=1S/C13H12ClN3O2S/c1-19-12(18)6-11-8-20-13(16-11)17-15-7-9-3-2-4-10(14)5-9/h2-5,7-8H,6H2,1H3,(H,16,17)/b15-7-. The van der Waals surface area contributed by atoms with Gasteiger partial charge in [0.15, 0.2) is 0 Å². The second kappa shape index (κ2) is 7.02. The van der Waals surface area contributed by atoms with Crippen LogP contribution in [0.5, 0.6) is 0 Å². The number of aromatic nitrogens is 1. The molecule has 0 aliphatic carbocycles. The number of thiazole rings is 1. The first-order valence-corrected chi connectivity index (χ1v) is 6.99. The van der Waals surface area contributed by atoms with Gasteiger partial charge in [0, 0.05) is 10.4 Å². The number of rotatable bonds is 5. The molecular weight excluding hydrogens is 298 g/mol. The molecule has 1 N–H and O–H groups in total. The minimum absolute atomic E-state index is 0.159. The summed E-state index contributed by atoms with van der Waals surface area (Å²) < 4.78 is 4.58. The van der Waals surface area contributed by atoms with Crippen LogP contribution in [0.4, 0.5) is 5.13 Å². The number of esters is 1. The van der Waals surface area contributed by atoms with E-state index >= 15 is 0 Å². The highest BCUT2D eigenvalue weighted by atomic mass is 35.5. The van der Waals surface area contributed by atoms with Crippen molar-refractivity contribution >= 4 is 40.3 Å². The fraction of sp³-hybridized carbons (Fsp3) is 0.154. The minimum Gasteiger partial charge on any atom is -0.469 e. The maximum atomic E-state index is 11.1. The molecule has 0 spiro atoms. The van der Waals surface area contributed by atoms with Crippen LogP contribution in [0.1, 0.15) is 11.3 Å². The Kier molecular flexibility index (Phi) is 5.09. The Bertz CT molecular complexity index is 628.